The molecule has 0 aliphatic heterocycles. The van der Waals surface area contributed by atoms with Crippen molar-refractivity contribution in [2.24, 2.45) is 0 Å². The average molecular weight is 178 g/mol. The summed E-state index contributed by atoms with van der Waals surface area (Å²) in [6, 6.07) is 10.5. The van der Waals surface area contributed by atoms with Gasteiger partial charge in [-0.05, 0) is 26.3 Å². The zero-order chi connectivity index (χ0) is 9.73. The molecule has 1 rings (SSSR count). The van der Waals surface area contributed by atoms with Gasteiger partial charge in [-0.1, -0.05) is 30.3 Å². The third-order valence-electron chi connectivity index (χ3n) is 2.01. The molecule has 0 radical (unpaired) electrons. The zero-order valence-corrected chi connectivity index (χ0v) is 8.71. The van der Waals surface area contributed by atoms with E-state index in [9.17, 15) is 0 Å². The second kappa shape index (κ2) is 4.43. The molecule has 0 aliphatic carbocycles. The number of hydrogen-bond acceptors (Lipinski definition) is 1. The van der Waals surface area contributed by atoms with Gasteiger partial charge in [0.25, 0.3) is 0 Å². The van der Waals surface area contributed by atoms with Gasteiger partial charge in [-0.15, -0.1) is 0 Å². The van der Waals surface area contributed by atoms with Gasteiger partial charge in [-0.25, -0.2) is 0 Å². The number of hydrogen-bond donors (Lipinski definition) is 0. The van der Waals surface area contributed by atoms with Crippen molar-refractivity contribution < 1.29 is 4.74 Å². The molecule has 0 fully saturated rings. The van der Waals surface area contributed by atoms with Gasteiger partial charge in [0.15, 0.2) is 0 Å². The monoisotopic (exact) mass is 178 g/mol. The summed E-state index contributed by atoms with van der Waals surface area (Å²) in [7, 11) is 0. The predicted molar refractivity (Wildman–Crippen MR) is 55.9 cm³/mol. The Morgan fingerprint density at radius 2 is 1.77 bits per heavy atom. The Kier molecular flexibility index (Phi) is 3.49. The summed E-state index contributed by atoms with van der Waals surface area (Å²) < 4.78 is 5.63. The molecule has 1 aromatic rings. The lowest BCUT2D eigenvalue weighted by Gasteiger charge is -2.24. The third-order valence-corrected chi connectivity index (χ3v) is 2.01. The predicted octanol–water partition coefficient (Wildman–Crippen LogP) is 3.04. The second-order valence-corrected chi connectivity index (χ2v) is 3.86. The highest BCUT2D eigenvalue weighted by Crippen LogP contribution is 2.16. The minimum absolute atomic E-state index is 0.0455. The summed E-state index contributed by atoms with van der Waals surface area (Å²) in [5, 5.41) is 0. The Balaban J connectivity index is 2.58. The van der Waals surface area contributed by atoms with Crippen LogP contribution in [0.15, 0.2) is 30.3 Å². The topological polar surface area (TPSA) is 9.23 Å². The molecule has 0 atom stereocenters. The molecule has 0 N–H and O–H groups in total. The molecule has 1 nitrogen and oxygen atoms in total. The van der Waals surface area contributed by atoms with Gasteiger partial charge in [-0.3, -0.25) is 0 Å². The van der Waals surface area contributed by atoms with E-state index in [2.05, 4.69) is 38.1 Å². The summed E-state index contributed by atoms with van der Waals surface area (Å²) in [5.41, 5.74) is 1.29. The summed E-state index contributed by atoms with van der Waals surface area (Å²) in [4.78, 5) is 0. The van der Waals surface area contributed by atoms with E-state index in [1.54, 1.807) is 0 Å². The van der Waals surface area contributed by atoms with E-state index in [0.717, 1.165) is 13.0 Å². The Morgan fingerprint density at radius 1 is 1.15 bits per heavy atom. The van der Waals surface area contributed by atoms with Crippen LogP contribution in [0, 0.1) is 0 Å². The molecular weight excluding hydrogens is 160 g/mol. The number of rotatable bonds is 4. The summed E-state index contributed by atoms with van der Waals surface area (Å²) in [6.07, 6.45) is 0.974. The van der Waals surface area contributed by atoms with E-state index in [-0.39, 0.29) is 5.60 Å². The van der Waals surface area contributed by atoms with Crippen molar-refractivity contribution >= 4 is 0 Å². The highest BCUT2D eigenvalue weighted by molar-refractivity contribution is 5.16. The van der Waals surface area contributed by atoms with Crippen molar-refractivity contribution in [1.82, 2.24) is 0 Å². The highest BCUT2D eigenvalue weighted by atomic mass is 16.5. The number of ether oxygens (including phenoxy) is 1. The van der Waals surface area contributed by atoms with Crippen LogP contribution in [0.3, 0.4) is 0 Å². The van der Waals surface area contributed by atoms with Crippen molar-refractivity contribution in [3.8, 4) is 0 Å². The molecule has 0 aromatic heterocycles. The van der Waals surface area contributed by atoms with Gasteiger partial charge in [0.2, 0.25) is 0 Å². The molecule has 0 spiro atoms. The zero-order valence-electron chi connectivity index (χ0n) is 8.71. The maximum atomic E-state index is 5.63. The standard InChI is InChI=1S/C12H18O/c1-4-13-12(2,3)10-11-8-6-5-7-9-11/h5-9H,4,10H2,1-3H3. The second-order valence-electron chi connectivity index (χ2n) is 3.86. The minimum atomic E-state index is -0.0455. The van der Waals surface area contributed by atoms with Crippen LogP contribution in [-0.4, -0.2) is 12.2 Å². The van der Waals surface area contributed by atoms with Crippen molar-refractivity contribution in [1.29, 1.82) is 0 Å². The Bertz CT molecular complexity index is 239. The fourth-order valence-electron chi connectivity index (χ4n) is 1.53. The fraction of sp³-hybridized carbons (Fsp3) is 0.500. The molecule has 1 aromatic carbocycles. The summed E-state index contributed by atoms with van der Waals surface area (Å²) >= 11 is 0. The van der Waals surface area contributed by atoms with Crippen LogP contribution in [0.1, 0.15) is 26.3 Å². The van der Waals surface area contributed by atoms with E-state index in [1.165, 1.54) is 5.56 Å². The Labute approximate surface area is 80.7 Å². The largest absolute Gasteiger partial charge is 0.376 e. The van der Waals surface area contributed by atoms with Crippen molar-refractivity contribution in [2.75, 3.05) is 6.61 Å². The van der Waals surface area contributed by atoms with Crippen molar-refractivity contribution in [3.05, 3.63) is 35.9 Å². The average Bonchev–Trinajstić information content (AvgIpc) is 2.04. The molecular formula is C12H18O. The van der Waals surface area contributed by atoms with E-state index in [0.29, 0.717) is 0 Å². The van der Waals surface area contributed by atoms with Gasteiger partial charge in [0, 0.05) is 13.0 Å². The number of benzene rings is 1. The first kappa shape index (κ1) is 10.3. The summed E-state index contributed by atoms with van der Waals surface area (Å²) in [6.45, 7) is 7.07. The molecule has 0 saturated heterocycles. The first-order valence-electron chi connectivity index (χ1n) is 4.82. The van der Waals surface area contributed by atoms with E-state index >= 15 is 0 Å². The normalized spacial score (nSPS) is 11.6. The van der Waals surface area contributed by atoms with Crippen LogP contribution >= 0.6 is 0 Å². The molecule has 72 valence electrons. The quantitative estimate of drug-likeness (QED) is 0.688. The Hall–Kier alpha value is -0.820. The van der Waals surface area contributed by atoms with Gasteiger partial charge < -0.3 is 4.74 Å². The lowest BCUT2D eigenvalue weighted by atomic mass is 9.98. The maximum absolute atomic E-state index is 5.63. The van der Waals surface area contributed by atoms with Crippen molar-refractivity contribution in [3.63, 3.8) is 0 Å². The molecule has 13 heavy (non-hydrogen) atoms. The molecule has 0 bridgehead atoms. The highest BCUT2D eigenvalue weighted by Gasteiger charge is 2.17. The van der Waals surface area contributed by atoms with Crippen LogP contribution in [0.5, 0.6) is 0 Å². The van der Waals surface area contributed by atoms with Crippen LogP contribution < -0.4 is 0 Å². The molecule has 0 aliphatic rings. The lowest BCUT2D eigenvalue weighted by Crippen LogP contribution is -2.27. The van der Waals surface area contributed by atoms with Crippen LogP contribution in [0.4, 0.5) is 0 Å². The van der Waals surface area contributed by atoms with Gasteiger partial charge in [-0.2, -0.15) is 0 Å². The maximum Gasteiger partial charge on any atom is 0.0666 e. The van der Waals surface area contributed by atoms with Crippen LogP contribution in [0.25, 0.3) is 0 Å². The molecule has 1 heteroatoms. The molecule has 0 amide bonds. The third kappa shape index (κ3) is 3.60. The molecule has 0 saturated carbocycles. The van der Waals surface area contributed by atoms with E-state index in [1.807, 2.05) is 13.0 Å². The first-order chi connectivity index (χ1) is 6.14. The van der Waals surface area contributed by atoms with Crippen LogP contribution in [0.2, 0.25) is 0 Å². The molecule has 0 heterocycles. The van der Waals surface area contributed by atoms with Crippen molar-refractivity contribution in [2.45, 2.75) is 32.8 Å². The smallest absolute Gasteiger partial charge is 0.0666 e. The van der Waals surface area contributed by atoms with Gasteiger partial charge in [0.05, 0.1) is 5.60 Å². The minimum Gasteiger partial charge on any atom is -0.376 e. The first-order valence-corrected chi connectivity index (χ1v) is 4.82. The van der Waals surface area contributed by atoms with Crippen LogP contribution in [-0.2, 0) is 11.2 Å². The van der Waals surface area contributed by atoms with E-state index < -0.39 is 0 Å². The SMILES string of the molecule is CCOC(C)(C)Cc1ccccc1. The molecule has 0 unspecified atom stereocenters. The fourth-order valence-corrected chi connectivity index (χ4v) is 1.53. The van der Waals surface area contributed by atoms with E-state index in [4.69, 9.17) is 4.74 Å². The Morgan fingerprint density at radius 3 is 2.31 bits per heavy atom. The summed E-state index contributed by atoms with van der Waals surface area (Å²) in [5.74, 6) is 0. The lowest BCUT2D eigenvalue weighted by molar-refractivity contribution is -0.00932. The van der Waals surface area contributed by atoms with Gasteiger partial charge in [0.1, 0.15) is 0 Å². The van der Waals surface area contributed by atoms with Gasteiger partial charge >= 0.3 is 0 Å².